The molecule has 1 aliphatic heterocycles. The van der Waals surface area contributed by atoms with Crippen LogP contribution in [0.1, 0.15) is 23.2 Å². The number of ketones is 1. The van der Waals surface area contributed by atoms with Crippen molar-refractivity contribution in [3.63, 3.8) is 0 Å². The molecule has 0 atom stereocenters. The van der Waals surface area contributed by atoms with Crippen LogP contribution in [0.5, 0.6) is 11.5 Å². The molecule has 0 aliphatic carbocycles. The number of carbonyl (C=O) groups is 1. The maximum Gasteiger partial charge on any atom is 0.180 e. The quantitative estimate of drug-likeness (QED) is 0.840. The summed E-state index contributed by atoms with van der Waals surface area (Å²) in [5.74, 6) is 0.867. The minimum atomic E-state index is -0.0501. The maximum absolute atomic E-state index is 11.9. The number of hydrogen-bond acceptors (Lipinski definition) is 4. The van der Waals surface area contributed by atoms with E-state index in [1.165, 1.54) is 0 Å². The summed E-state index contributed by atoms with van der Waals surface area (Å²) in [4.78, 5) is 11.9. The molecule has 1 aromatic carbocycles. The lowest BCUT2D eigenvalue weighted by molar-refractivity contribution is 0.0981. The number of ether oxygens (including phenoxy) is 2. The van der Waals surface area contributed by atoms with Crippen molar-refractivity contribution >= 4 is 17.4 Å². The Morgan fingerprint density at radius 3 is 2.71 bits per heavy atom. The lowest BCUT2D eigenvalue weighted by Crippen LogP contribution is -2.10. The molecule has 0 saturated heterocycles. The summed E-state index contributed by atoms with van der Waals surface area (Å²) in [5, 5.41) is 0.464. The smallest absolute Gasteiger partial charge is 0.180 e. The van der Waals surface area contributed by atoms with Crippen LogP contribution in [0.3, 0.4) is 0 Å². The molecule has 0 spiro atoms. The van der Waals surface area contributed by atoms with Crippen molar-refractivity contribution in [3.8, 4) is 11.5 Å². The topological polar surface area (TPSA) is 61.6 Å². The largest absolute Gasteiger partial charge is 0.489 e. The van der Waals surface area contributed by atoms with Crippen LogP contribution in [0.25, 0.3) is 0 Å². The van der Waals surface area contributed by atoms with E-state index in [0.717, 1.165) is 6.42 Å². The third kappa shape index (κ3) is 2.53. The average Bonchev–Trinajstić information content (AvgIpc) is 2.56. The summed E-state index contributed by atoms with van der Waals surface area (Å²) in [6, 6.07) is 3.31. The second kappa shape index (κ2) is 5.38. The monoisotopic (exact) mass is 255 g/mol. The van der Waals surface area contributed by atoms with Gasteiger partial charge >= 0.3 is 0 Å². The first kappa shape index (κ1) is 12.2. The Hall–Kier alpha value is -1.26. The second-order valence-electron chi connectivity index (χ2n) is 3.77. The number of Topliss-reactive ketones (excluding diaryl/α,β-unsaturated/α-hetero) is 1. The Morgan fingerprint density at radius 2 is 2.00 bits per heavy atom. The number of hydrogen-bond donors (Lipinski definition) is 1. The van der Waals surface area contributed by atoms with Gasteiger partial charge in [0.1, 0.15) is 0 Å². The molecule has 0 radical (unpaired) electrons. The molecule has 0 fully saturated rings. The zero-order valence-electron chi connectivity index (χ0n) is 9.37. The first-order valence-corrected chi connectivity index (χ1v) is 5.93. The van der Waals surface area contributed by atoms with Crippen molar-refractivity contribution in [1.82, 2.24) is 0 Å². The number of halogens is 1. The van der Waals surface area contributed by atoms with Gasteiger partial charge < -0.3 is 15.2 Å². The SMILES string of the molecule is NCCC(=O)c1ccc(Cl)c2c1OCCCO2. The molecule has 2 N–H and O–H groups in total. The van der Waals surface area contributed by atoms with Gasteiger partial charge in [-0.05, 0) is 18.7 Å². The molecule has 0 unspecified atom stereocenters. The van der Waals surface area contributed by atoms with E-state index >= 15 is 0 Å². The van der Waals surface area contributed by atoms with E-state index in [1.54, 1.807) is 12.1 Å². The summed E-state index contributed by atoms with van der Waals surface area (Å²) in [7, 11) is 0. The number of benzene rings is 1. The fraction of sp³-hybridized carbons (Fsp3) is 0.417. The van der Waals surface area contributed by atoms with E-state index in [-0.39, 0.29) is 12.2 Å². The second-order valence-corrected chi connectivity index (χ2v) is 4.17. The molecule has 0 saturated carbocycles. The lowest BCUT2D eigenvalue weighted by Gasteiger charge is -2.12. The summed E-state index contributed by atoms with van der Waals surface area (Å²) < 4.78 is 11.1. The highest BCUT2D eigenvalue weighted by Crippen LogP contribution is 2.39. The molecule has 1 aromatic rings. The predicted molar refractivity (Wildman–Crippen MR) is 65.1 cm³/mol. The number of nitrogens with two attached hydrogens (primary N) is 1. The van der Waals surface area contributed by atoms with Gasteiger partial charge in [0.2, 0.25) is 0 Å². The van der Waals surface area contributed by atoms with Gasteiger partial charge in [-0.2, -0.15) is 0 Å². The first-order chi connectivity index (χ1) is 8.24. The van der Waals surface area contributed by atoms with Crippen LogP contribution in [-0.4, -0.2) is 25.5 Å². The molecule has 92 valence electrons. The van der Waals surface area contributed by atoms with Crippen LogP contribution in [0.15, 0.2) is 12.1 Å². The fourth-order valence-corrected chi connectivity index (χ4v) is 1.91. The van der Waals surface area contributed by atoms with Crippen molar-refractivity contribution in [2.24, 2.45) is 5.73 Å². The van der Waals surface area contributed by atoms with Gasteiger partial charge in [0.05, 0.1) is 23.8 Å². The van der Waals surface area contributed by atoms with Gasteiger partial charge in [-0.15, -0.1) is 0 Å². The average molecular weight is 256 g/mol. The summed E-state index contributed by atoms with van der Waals surface area (Å²) in [5.41, 5.74) is 5.88. The highest BCUT2D eigenvalue weighted by Gasteiger charge is 2.21. The molecule has 1 heterocycles. The van der Waals surface area contributed by atoms with Crippen molar-refractivity contribution in [3.05, 3.63) is 22.7 Å². The van der Waals surface area contributed by atoms with E-state index in [2.05, 4.69) is 0 Å². The molecule has 4 nitrogen and oxygen atoms in total. The van der Waals surface area contributed by atoms with E-state index < -0.39 is 0 Å². The van der Waals surface area contributed by atoms with Crippen LogP contribution in [0.4, 0.5) is 0 Å². The number of fused-ring (bicyclic) bond motifs is 1. The highest BCUT2D eigenvalue weighted by atomic mass is 35.5. The molecular formula is C12H14ClNO3. The maximum atomic E-state index is 11.9. The Kier molecular flexibility index (Phi) is 3.86. The normalized spacial score (nSPS) is 14.2. The molecule has 17 heavy (non-hydrogen) atoms. The minimum absolute atomic E-state index is 0.0501. The van der Waals surface area contributed by atoms with Crippen LogP contribution in [-0.2, 0) is 0 Å². The summed E-state index contributed by atoms with van der Waals surface area (Å²) >= 11 is 6.03. The third-order valence-corrected chi connectivity index (χ3v) is 2.82. The molecule has 2 rings (SSSR count). The van der Waals surface area contributed by atoms with Crippen molar-refractivity contribution in [2.45, 2.75) is 12.8 Å². The third-order valence-electron chi connectivity index (χ3n) is 2.52. The van der Waals surface area contributed by atoms with Crippen molar-refractivity contribution in [1.29, 1.82) is 0 Å². The Balaban J connectivity index is 2.43. The molecular weight excluding hydrogens is 242 g/mol. The van der Waals surface area contributed by atoms with Crippen LogP contribution in [0.2, 0.25) is 5.02 Å². The van der Waals surface area contributed by atoms with Crippen LogP contribution in [0, 0.1) is 0 Å². The Bertz CT molecular complexity index is 434. The van der Waals surface area contributed by atoms with E-state index in [0.29, 0.717) is 41.8 Å². The zero-order chi connectivity index (χ0) is 12.3. The van der Waals surface area contributed by atoms with E-state index in [1.807, 2.05) is 0 Å². The zero-order valence-corrected chi connectivity index (χ0v) is 10.1. The van der Waals surface area contributed by atoms with Gasteiger partial charge in [-0.25, -0.2) is 0 Å². The van der Waals surface area contributed by atoms with Gasteiger partial charge in [-0.3, -0.25) is 4.79 Å². The van der Waals surface area contributed by atoms with Crippen molar-refractivity contribution in [2.75, 3.05) is 19.8 Å². The van der Waals surface area contributed by atoms with Gasteiger partial charge in [0.25, 0.3) is 0 Å². The predicted octanol–water partition coefficient (Wildman–Crippen LogP) is 2.03. The summed E-state index contributed by atoms with van der Waals surface area (Å²) in [6.07, 6.45) is 1.06. The first-order valence-electron chi connectivity index (χ1n) is 5.55. The lowest BCUT2D eigenvalue weighted by atomic mass is 10.1. The van der Waals surface area contributed by atoms with E-state index in [4.69, 9.17) is 26.8 Å². The van der Waals surface area contributed by atoms with Gasteiger partial charge in [0.15, 0.2) is 17.3 Å². The van der Waals surface area contributed by atoms with Crippen molar-refractivity contribution < 1.29 is 14.3 Å². The van der Waals surface area contributed by atoms with Crippen LogP contribution < -0.4 is 15.2 Å². The molecule has 5 heteroatoms. The van der Waals surface area contributed by atoms with Gasteiger partial charge in [0, 0.05) is 12.8 Å². The number of rotatable bonds is 3. The molecule has 0 amide bonds. The molecule has 0 aromatic heterocycles. The van der Waals surface area contributed by atoms with Crippen LogP contribution >= 0.6 is 11.6 Å². The Labute approximate surface area is 105 Å². The molecule has 0 bridgehead atoms. The number of carbonyl (C=O) groups excluding carboxylic acids is 1. The molecule has 1 aliphatic rings. The fourth-order valence-electron chi connectivity index (χ4n) is 1.71. The van der Waals surface area contributed by atoms with E-state index in [9.17, 15) is 4.79 Å². The standard InChI is InChI=1S/C12H14ClNO3/c13-9-3-2-8(10(15)4-5-14)11-12(9)17-7-1-6-16-11/h2-3H,1,4-7,14H2. The summed E-state index contributed by atoms with van der Waals surface area (Å²) in [6.45, 7) is 1.38. The highest BCUT2D eigenvalue weighted by molar-refractivity contribution is 6.32. The minimum Gasteiger partial charge on any atom is -0.489 e. The Morgan fingerprint density at radius 1 is 1.29 bits per heavy atom. The van der Waals surface area contributed by atoms with Gasteiger partial charge in [-0.1, -0.05) is 11.6 Å².